The summed E-state index contributed by atoms with van der Waals surface area (Å²) in [6.45, 7) is 0. The van der Waals surface area contributed by atoms with E-state index in [1.54, 1.807) is 60.7 Å². The Bertz CT molecular complexity index is 1450. The van der Waals surface area contributed by atoms with Crippen LogP contribution in [0.5, 0.6) is 0 Å². The molecular weight excluding hydrogens is 456 g/mol. The number of rotatable bonds is 4. The number of fused-ring (bicyclic) bond motifs is 1. The summed E-state index contributed by atoms with van der Waals surface area (Å²) in [4.78, 5) is 0.0613. The lowest BCUT2D eigenvalue weighted by molar-refractivity contribution is 0.596. The molecule has 0 saturated carbocycles. The highest BCUT2D eigenvalue weighted by molar-refractivity contribution is 7.90. The molecule has 0 radical (unpaired) electrons. The molecule has 9 heteroatoms. The summed E-state index contributed by atoms with van der Waals surface area (Å²) in [7, 11) is -8.02. The molecule has 0 bridgehead atoms. The summed E-state index contributed by atoms with van der Waals surface area (Å²) in [6, 6.07) is 22.2. The number of halogens is 1. The monoisotopic (exact) mass is 470 g/mol. The highest BCUT2D eigenvalue weighted by Gasteiger charge is 2.26. The van der Waals surface area contributed by atoms with Gasteiger partial charge in [0.2, 0.25) is 0 Å². The van der Waals surface area contributed by atoms with Gasteiger partial charge in [0.1, 0.15) is 5.71 Å². The molecule has 31 heavy (non-hydrogen) atoms. The van der Waals surface area contributed by atoms with Gasteiger partial charge >= 0.3 is 0 Å². The minimum Gasteiger partial charge on any atom is -0.199 e. The zero-order chi connectivity index (χ0) is 22.1. The average molecular weight is 471 g/mol. The zero-order valence-electron chi connectivity index (χ0n) is 15.9. The second-order valence-corrected chi connectivity index (χ2v) is 10.1. The predicted octanol–water partition coefficient (Wildman–Crippen LogP) is 4.18. The van der Waals surface area contributed by atoms with Crippen molar-refractivity contribution in [2.45, 2.75) is 9.79 Å². The molecule has 0 aromatic heterocycles. The minimum absolute atomic E-state index is 0.0237. The molecule has 0 saturated heterocycles. The third-order valence-corrected chi connectivity index (χ3v) is 7.34. The smallest absolute Gasteiger partial charge is 0.199 e. The molecule has 4 rings (SSSR count). The second-order valence-electron chi connectivity index (χ2n) is 6.53. The Kier molecular flexibility index (Phi) is 5.62. The SMILES string of the molecule is O=S(=O)(N=C1C=C(Cl)C(=NS(=O)(=O)c2ccccc2)c2ccccc21)c1ccccc1. The van der Waals surface area contributed by atoms with Crippen molar-refractivity contribution in [2.24, 2.45) is 8.80 Å². The molecule has 6 nitrogen and oxygen atoms in total. The standard InChI is InChI=1S/C22H15ClN2O4S2/c23-20-15-21(24-30(26,27)16-9-3-1-4-10-16)18-13-7-8-14-19(18)22(20)25-31(28,29)17-11-5-2-6-12-17/h1-15H. The Morgan fingerprint density at radius 2 is 1.03 bits per heavy atom. The van der Waals surface area contributed by atoms with E-state index < -0.39 is 20.0 Å². The van der Waals surface area contributed by atoms with Gasteiger partial charge in [-0.05, 0) is 30.3 Å². The van der Waals surface area contributed by atoms with Crippen molar-refractivity contribution < 1.29 is 16.8 Å². The lowest BCUT2D eigenvalue weighted by Crippen LogP contribution is -2.18. The molecule has 0 fully saturated rings. The zero-order valence-corrected chi connectivity index (χ0v) is 18.3. The number of allylic oxidation sites excluding steroid dienone is 2. The van der Waals surface area contributed by atoms with Crippen LogP contribution in [0.4, 0.5) is 0 Å². The molecule has 0 aliphatic heterocycles. The van der Waals surface area contributed by atoms with Crippen LogP contribution in [-0.4, -0.2) is 28.3 Å². The van der Waals surface area contributed by atoms with E-state index in [0.717, 1.165) is 0 Å². The van der Waals surface area contributed by atoms with E-state index in [9.17, 15) is 16.8 Å². The molecule has 3 aromatic carbocycles. The quantitative estimate of drug-likeness (QED) is 0.571. The van der Waals surface area contributed by atoms with E-state index in [0.29, 0.717) is 11.1 Å². The highest BCUT2D eigenvalue weighted by Crippen LogP contribution is 2.28. The first-order valence-electron chi connectivity index (χ1n) is 9.05. The molecule has 3 aromatic rings. The van der Waals surface area contributed by atoms with Crippen LogP contribution in [0.2, 0.25) is 0 Å². The third-order valence-electron chi connectivity index (χ3n) is 4.46. The van der Waals surface area contributed by atoms with Crippen LogP contribution in [0.3, 0.4) is 0 Å². The Balaban J connectivity index is 1.86. The van der Waals surface area contributed by atoms with Gasteiger partial charge in [0.05, 0.1) is 20.5 Å². The van der Waals surface area contributed by atoms with Gasteiger partial charge in [0, 0.05) is 11.1 Å². The van der Waals surface area contributed by atoms with Gasteiger partial charge in [0.25, 0.3) is 20.0 Å². The van der Waals surface area contributed by atoms with E-state index in [1.807, 2.05) is 0 Å². The predicted molar refractivity (Wildman–Crippen MR) is 121 cm³/mol. The molecule has 1 aliphatic rings. The third kappa shape index (κ3) is 4.36. The van der Waals surface area contributed by atoms with Crippen molar-refractivity contribution in [2.75, 3.05) is 0 Å². The van der Waals surface area contributed by atoms with Crippen LogP contribution in [0.25, 0.3) is 0 Å². The van der Waals surface area contributed by atoms with E-state index in [1.165, 1.54) is 30.3 Å². The first-order chi connectivity index (χ1) is 14.8. The fourth-order valence-corrected chi connectivity index (χ4v) is 5.37. The first-order valence-corrected chi connectivity index (χ1v) is 12.3. The van der Waals surface area contributed by atoms with Gasteiger partial charge in [0.15, 0.2) is 0 Å². The molecular formula is C22H15ClN2O4S2. The summed E-state index contributed by atoms with van der Waals surface area (Å²) < 4.78 is 58.8. The average Bonchev–Trinajstić information content (AvgIpc) is 2.77. The first kappa shape index (κ1) is 21.2. The summed E-state index contributed by atoms with van der Waals surface area (Å²) in [5, 5.41) is -0.0276. The Hall–Kier alpha value is -3.07. The van der Waals surface area contributed by atoms with Crippen molar-refractivity contribution >= 4 is 43.1 Å². The van der Waals surface area contributed by atoms with E-state index in [-0.39, 0.29) is 26.2 Å². The lowest BCUT2D eigenvalue weighted by atomic mass is 9.94. The second kappa shape index (κ2) is 8.22. The van der Waals surface area contributed by atoms with Gasteiger partial charge in [-0.2, -0.15) is 25.6 Å². The number of sulfonamides is 2. The fourth-order valence-electron chi connectivity index (χ4n) is 3.02. The summed E-state index contributed by atoms with van der Waals surface area (Å²) in [5.74, 6) is 0. The summed E-state index contributed by atoms with van der Waals surface area (Å²) >= 11 is 6.36. The molecule has 156 valence electrons. The normalized spacial score (nSPS) is 16.7. The maximum absolute atomic E-state index is 12.8. The van der Waals surface area contributed by atoms with Crippen LogP contribution in [0, 0.1) is 0 Å². The summed E-state index contributed by atoms with van der Waals surface area (Å²) in [6.07, 6.45) is 1.31. The van der Waals surface area contributed by atoms with Crippen molar-refractivity contribution in [3.63, 3.8) is 0 Å². The Labute approximate surface area is 185 Å². The van der Waals surface area contributed by atoms with Crippen LogP contribution < -0.4 is 0 Å². The van der Waals surface area contributed by atoms with Crippen LogP contribution in [0.15, 0.2) is 115 Å². The number of nitrogens with zero attached hydrogens (tertiary/aromatic N) is 2. The van der Waals surface area contributed by atoms with Gasteiger partial charge in [-0.15, -0.1) is 0 Å². The maximum atomic E-state index is 12.8. The molecule has 1 aliphatic carbocycles. The molecule has 0 N–H and O–H groups in total. The Morgan fingerprint density at radius 3 is 1.58 bits per heavy atom. The topological polar surface area (TPSA) is 93.0 Å². The van der Waals surface area contributed by atoms with Crippen molar-refractivity contribution in [1.82, 2.24) is 0 Å². The fraction of sp³-hybridized carbons (Fsp3) is 0. The largest absolute Gasteiger partial charge is 0.282 e. The maximum Gasteiger partial charge on any atom is 0.282 e. The lowest BCUT2D eigenvalue weighted by Gasteiger charge is -2.17. The van der Waals surface area contributed by atoms with Gasteiger partial charge in [-0.1, -0.05) is 72.3 Å². The number of benzene rings is 3. The molecule has 0 heterocycles. The molecule has 0 amide bonds. The van der Waals surface area contributed by atoms with Crippen molar-refractivity contribution in [3.05, 3.63) is 107 Å². The van der Waals surface area contributed by atoms with Crippen LogP contribution in [-0.2, 0) is 20.0 Å². The van der Waals surface area contributed by atoms with Gasteiger partial charge in [-0.3, -0.25) is 0 Å². The van der Waals surface area contributed by atoms with Crippen LogP contribution >= 0.6 is 11.6 Å². The number of hydrogen-bond donors (Lipinski definition) is 0. The van der Waals surface area contributed by atoms with E-state index in [4.69, 9.17) is 11.6 Å². The molecule has 0 spiro atoms. The molecule has 0 atom stereocenters. The van der Waals surface area contributed by atoms with Crippen LogP contribution in [0.1, 0.15) is 11.1 Å². The van der Waals surface area contributed by atoms with Gasteiger partial charge < -0.3 is 0 Å². The van der Waals surface area contributed by atoms with E-state index in [2.05, 4.69) is 8.80 Å². The van der Waals surface area contributed by atoms with E-state index >= 15 is 0 Å². The van der Waals surface area contributed by atoms with Crippen molar-refractivity contribution in [1.29, 1.82) is 0 Å². The van der Waals surface area contributed by atoms with Gasteiger partial charge in [-0.25, -0.2) is 0 Å². The minimum atomic E-state index is -4.03. The number of hydrogen-bond acceptors (Lipinski definition) is 4. The van der Waals surface area contributed by atoms with Crippen molar-refractivity contribution in [3.8, 4) is 0 Å². The Morgan fingerprint density at radius 1 is 0.581 bits per heavy atom. The summed E-state index contributed by atoms with van der Waals surface area (Å²) in [5.41, 5.74) is 0.905. The highest BCUT2D eigenvalue weighted by atomic mass is 35.5. The molecule has 0 unspecified atom stereocenters.